The number of benzene rings is 1. The van der Waals surface area contributed by atoms with Gasteiger partial charge in [-0.05, 0) is 48.6 Å². The zero-order valence-electron chi connectivity index (χ0n) is 13.8. The Hall–Kier alpha value is -2.71. The van der Waals surface area contributed by atoms with Crippen LogP contribution in [0, 0.1) is 0 Å². The van der Waals surface area contributed by atoms with Gasteiger partial charge in [0.05, 0.1) is 0 Å². The van der Waals surface area contributed by atoms with Crippen molar-refractivity contribution in [2.24, 2.45) is 0 Å². The third kappa shape index (κ3) is 3.21. The average molecular weight is 371 g/mol. The maximum absolute atomic E-state index is 12.7. The first-order chi connectivity index (χ1) is 12.5. The summed E-state index contributed by atoms with van der Waals surface area (Å²) in [5.41, 5.74) is 2.19. The molecule has 0 saturated carbocycles. The SMILES string of the molecule is O=c1ccc(-c2ccc(S(=O)(=O)NC3CCCc4ccccc43)o2)n[nH]1. The van der Waals surface area contributed by atoms with Crippen LogP contribution in [-0.4, -0.2) is 18.6 Å². The van der Waals surface area contributed by atoms with Gasteiger partial charge >= 0.3 is 0 Å². The first kappa shape index (κ1) is 16.7. The zero-order valence-corrected chi connectivity index (χ0v) is 14.6. The lowest BCUT2D eigenvalue weighted by atomic mass is 9.88. The molecule has 2 aromatic heterocycles. The van der Waals surface area contributed by atoms with Gasteiger partial charge in [-0.25, -0.2) is 18.2 Å². The molecular formula is C18H17N3O4S. The second-order valence-electron chi connectivity index (χ2n) is 6.19. The van der Waals surface area contributed by atoms with Crippen LogP contribution in [0.1, 0.15) is 30.0 Å². The van der Waals surface area contributed by atoms with Crippen molar-refractivity contribution in [1.29, 1.82) is 0 Å². The Morgan fingerprint density at radius 1 is 1.12 bits per heavy atom. The molecule has 0 amide bonds. The van der Waals surface area contributed by atoms with Gasteiger partial charge in [-0.15, -0.1) is 0 Å². The van der Waals surface area contributed by atoms with Gasteiger partial charge in [0.15, 0.2) is 5.76 Å². The molecule has 2 N–H and O–H groups in total. The van der Waals surface area contributed by atoms with E-state index in [4.69, 9.17) is 4.42 Å². The number of H-pyrrole nitrogens is 1. The van der Waals surface area contributed by atoms with Crippen molar-refractivity contribution >= 4 is 10.0 Å². The molecule has 26 heavy (non-hydrogen) atoms. The first-order valence-electron chi connectivity index (χ1n) is 8.29. The van der Waals surface area contributed by atoms with E-state index in [1.807, 2.05) is 24.3 Å². The van der Waals surface area contributed by atoms with Crippen LogP contribution in [0.25, 0.3) is 11.5 Å². The standard InChI is InChI=1S/C18H17N3O4S/c22-17-10-8-15(19-20-17)16-9-11-18(25-16)26(23,24)21-14-7-3-5-12-4-1-2-6-13(12)14/h1-2,4,6,8-11,14,21H,3,5,7H2,(H,20,22). The van der Waals surface area contributed by atoms with Gasteiger partial charge in [-0.1, -0.05) is 24.3 Å². The predicted octanol–water partition coefficient (Wildman–Crippen LogP) is 2.39. The molecule has 4 rings (SSSR count). The monoisotopic (exact) mass is 371 g/mol. The highest BCUT2D eigenvalue weighted by Crippen LogP contribution is 2.31. The molecule has 1 atom stereocenters. The highest BCUT2D eigenvalue weighted by Gasteiger charge is 2.27. The molecule has 8 heteroatoms. The number of rotatable bonds is 4. The number of furan rings is 1. The van der Waals surface area contributed by atoms with Crippen molar-refractivity contribution < 1.29 is 12.8 Å². The van der Waals surface area contributed by atoms with E-state index >= 15 is 0 Å². The number of nitrogens with zero attached hydrogens (tertiary/aromatic N) is 1. The van der Waals surface area contributed by atoms with Crippen LogP contribution in [0.4, 0.5) is 0 Å². The van der Waals surface area contributed by atoms with E-state index in [2.05, 4.69) is 14.9 Å². The molecule has 0 spiro atoms. The van der Waals surface area contributed by atoms with Crippen LogP contribution < -0.4 is 10.3 Å². The first-order valence-corrected chi connectivity index (χ1v) is 9.77. The highest BCUT2D eigenvalue weighted by molar-refractivity contribution is 7.89. The largest absolute Gasteiger partial charge is 0.442 e. The number of hydrogen-bond acceptors (Lipinski definition) is 5. The second kappa shape index (κ2) is 6.54. The molecule has 1 unspecified atom stereocenters. The maximum atomic E-state index is 12.7. The summed E-state index contributed by atoms with van der Waals surface area (Å²) in [6, 6.07) is 13.3. The molecule has 1 aromatic carbocycles. The predicted molar refractivity (Wildman–Crippen MR) is 95.0 cm³/mol. The van der Waals surface area contributed by atoms with Gasteiger partial charge in [-0.2, -0.15) is 5.10 Å². The van der Waals surface area contributed by atoms with Crippen molar-refractivity contribution in [3.8, 4) is 11.5 Å². The lowest BCUT2D eigenvalue weighted by Gasteiger charge is -2.25. The molecule has 1 aliphatic carbocycles. The summed E-state index contributed by atoms with van der Waals surface area (Å²) in [6.45, 7) is 0. The number of hydrogen-bond donors (Lipinski definition) is 2. The van der Waals surface area contributed by atoms with E-state index in [0.717, 1.165) is 24.8 Å². The summed E-state index contributed by atoms with van der Waals surface area (Å²) in [6.07, 6.45) is 2.62. The minimum Gasteiger partial charge on any atom is -0.442 e. The third-order valence-corrected chi connectivity index (χ3v) is 5.79. The Morgan fingerprint density at radius 3 is 2.77 bits per heavy atom. The van der Waals surface area contributed by atoms with E-state index < -0.39 is 10.0 Å². The normalized spacial score (nSPS) is 17.0. The molecule has 134 valence electrons. The van der Waals surface area contributed by atoms with Gasteiger partial charge < -0.3 is 4.42 Å². The van der Waals surface area contributed by atoms with E-state index in [-0.39, 0.29) is 22.5 Å². The van der Waals surface area contributed by atoms with Crippen molar-refractivity contribution in [1.82, 2.24) is 14.9 Å². The number of sulfonamides is 1. The number of aromatic amines is 1. The Morgan fingerprint density at radius 2 is 1.96 bits per heavy atom. The fraction of sp³-hybridized carbons (Fsp3) is 0.222. The van der Waals surface area contributed by atoms with Crippen LogP contribution in [0.2, 0.25) is 0 Å². The third-order valence-electron chi connectivity index (χ3n) is 4.44. The molecule has 0 fully saturated rings. The number of fused-ring (bicyclic) bond motifs is 1. The second-order valence-corrected chi connectivity index (χ2v) is 7.83. The zero-order chi connectivity index (χ0) is 18.1. The lowest BCUT2D eigenvalue weighted by molar-refractivity contribution is 0.443. The molecule has 1 aliphatic rings. The summed E-state index contributed by atoms with van der Waals surface area (Å²) < 4.78 is 33.7. The number of aromatic nitrogens is 2. The van der Waals surface area contributed by atoms with Gasteiger partial charge in [0, 0.05) is 12.1 Å². The summed E-state index contributed by atoms with van der Waals surface area (Å²) >= 11 is 0. The van der Waals surface area contributed by atoms with Gasteiger partial charge in [0.25, 0.3) is 15.6 Å². The van der Waals surface area contributed by atoms with Crippen LogP contribution >= 0.6 is 0 Å². The molecular weight excluding hydrogens is 354 g/mol. The van der Waals surface area contributed by atoms with Crippen LogP contribution in [0.5, 0.6) is 0 Å². The van der Waals surface area contributed by atoms with E-state index in [1.165, 1.54) is 29.8 Å². The fourth-order valence-corrected chi connectivity index (χ4v) is 4.39. The van der Waals surface area contributed by atoms with Crippen LogP contribution in [-0.2, 0) is 16.4 Å². The lowest BCUT2D eigenvalue weighted by Crippen LogP contribution is -2.30. The van der Waals surface area contributed by atoms with Crippen molar-refractivity contribution in [2.75, 3.05) is 0 Å². The van der Waals surface area contributed by atoms with Gasteiger partial charge in [0.1, 0.15) is 5.69 Å². The molecule has 3 aromatic rings. The maximum Gasteiger partial charge on any atom is 0.274 e. The van der Waals surface area contributed by atoms with Gasteiger partial charge in [-0.3, -0.25) is 4.79 Å². The summed E-state index contributed by atoms with van der Waals surface area (Å²) in [5.74, 6) is 0.269. The fourth-order valence-electron chi connectivity index (χ4n) is 3.21. The molecule has 7 nitrogen and oxygen atoms in total. The molecule has 0 saturated heterocycles. The van der Waals surface area contributed by atoms with Crippen molar-refractivity contribution in [3.05, 3.63) is 70.0 Å². The Bertz CT molecular complexity index is 1080. The van der Waals surface area contributed by atoms with Crippen LogP contribution in [0.15, 0.2) is 62.8 Å². The summed E-state index contributed by atoms with van der Waals surface area (Å²) in [5, 5.41) is 5.96. The summed E-state index contributed by atoms with van der Waals surface area (Å²) in [4.78, 5) is 11.1. The minimum atomic E-state index is -3.81. The highest BCUT2D eigenvalue weighted by atomic mass is 32.2. The smallest absolute Gasteiger partial charge is 0.274 e. The molecule has 0 radical (unpaired) electrons. The molecule has 0 aliphatic heterocycles. The Labute approximate surface area is 150 Å². The average Bonchev–Trinajstić information content (AvgIpc) is 3.14. The van der Waals surface area contributed by atoms with E-state index in [1.54, 1.807) is 0 Å². The topological polar surface area (TPSA) is 105 Å². The van der Waals surface area contributed by atoms with Crippen molar-refractivity contribution in [3.63, 3.8) is 0 Å². The number of nitrogens with one attached hydrogen (secondary N) is 2. The van der Waals surface area contributed by atoms with E-state index in [9.17, 15) is 13.2 Å². The summed E-state index contributed by atoms with van der Waals surface area (Å²) in [7, 11) is -3.81. The van der Waals surface area contributed by atoms with E-state index in [0.29, 0.717) is 5.69 Å². The van der Waals surface area contributed by atoms with Crippen LogP contribution in [0.3, 0.4) is 0 Å². The molecule has 0 bridgehead atoms. The van der Waals surface area contributed by atoms with Crippen molar-refractivity contribution in [2.45, 2.75) is 30.4 Å². The quantitative estimate of drug-likeness (QED) is 0.733. The Balaban J connectivity index is 1.60. The molecule has 2 heterocycles. The minimum absolute atomic E-state index is 0.177. The number of aryl methyl sites for hydroxylation is 1. The Kier molecular flexibility index (Phi) is 4.21. The van der Waals surface area contributed by atoms with Gasteiger partial charge in [0.2, 0.25) is 5.09 Å².